The van der Waals surface area contributed by atoms with Crippen LogP contribution in [0.25, 0.3) is 11.1 Å². The van der Waals surface area contributed by atoms with Gasteiger partial charge in [-0.3, -0.25) is 4.79 Å². The molecule has 0 unspecified atom stereocenters. The van der Waals surface area contributed by atoms with E-state index in [0.717, 1.165) is 28.9 Å². The minimum Gasteiger partial charge on any atom is -0.454 e. The fraction of sp³-hybridized carbons (Fsp3) is 0.208. The van der Waals surface area contributed by atoms with E-state index in [4.69, 9.17) is 4.74 Å². The van der Waals surface area contributed by atoms with Gasteiger partial charge in [0.05, 0.1) is 11.3 Å². The Morgan fingerprint density at radius 1 is 0.906 bits per heavy atom. The largest absolute Gasteiger partial charge is 0.573 e. The molecule has 0 spiro atoms. The molecule has 0 aromatic heterocycles. The maximum atomic E-state index is 12.7. The Morgan fingerprint density at radius 2 is 1.62 bits per heavy atom. The first kappa shape index (κ1) is 21.5. The quantitative estimate of drug-likeness (QED) is 0.467. The van der Waals surface area contributed by atoms with E-state index in [-0.39, 0.29) is 16.9 Å². The fourth-order valence-electron chi connectivity index (χ4n) is 3.39. The van der Waals surface area contributed by atoms with Crippen molar-refractivity contribution < 1.29 is 27.4 Å². The first-order valence-corrected chi connectivity index (χ1v) is 9.89. The second kappa shape index (κ2) is 7.78. The van der Waals surface area contributed by atoms with Gasteiger partial charge in [-0.15, -0.1) is 13.2 Å². The van der Waals surface area contributed by atoms with E-state index in [1.165, 1.54) is 6.07 Å². The van der Waals surface area contributed by atoms with Crippen LogP contribution in [0, 0.1) is 0 Å². The fourth-order valence-corrected chi connectivity index (χ4v) is 3.39. The van der Waals surface area contributed by atoms with Crippen molar-refractivity contribution in [1.29, 1.82) is 0 Å². The summed E-state index contributed by atoms with van der Waals surface area (Å²) in [7, 11) is 0. The molecule has 0 fully saturated rings. The Balaban J connectivity index is 1.64. The molecule has 1 heterocycles. The highest BCUT2D eigenvalue weighted by Gasteiger charge is 2.32. The van der Waals surface area contributed by atoms with Crippen LogP contribution in [0.1, 0.15) is 31.1 Å². The summed E-state index contributed by atoms with van der Waals surface area (Å²) < 4.78 is 47.3. The third-order valence-electron chi connectivity index (χ3n) is 4.59. The van der Waals surface area contributed by atoms with Crippen molar-refractivity contribution in [1.82, 2.24) is 0 Å². The van der Waals surface area contributed by atoms with Crippen molar-refractivity contribution in [2.75, 3.05) is 10.6 Å². The minimum atomic E-state index is -4.86. The van der Waals surface area contributed by atoms with Gasteiger partial charge < -0.3 is 20.1 Å². The number of hydrogen-bond donors (Lipinski definition) is 2. The highest BCUT2D eigenvalue weighted by atomic mass is 19.4. The van der Waals surface area contributed by atoms with Crippen molar-refractivity contribution in [2.24, 2.45) is 0 Å². The van der Waals surface area contributed by atoms with E-state index >= 15 is 0 Å². The molecule has 5 nitrogen and oxygen atoms in total. The van der Waals surface area contributed by atoms with Crippen LogP contribution in [0.15, 0.2) is 60.7 Å². The van der Waals surface area contributed by atoms with Gasteiger partial charge in [-0.1, -0.05) is 18.2 Å². The lowest BCUT2D eigenvalue weighted by atomic mass is 10.0. The number of ether oxygens (including phenoxy) is 2. The van der Waals surface area contributed by atoms with Crippen LogP contribution in [0.4, 0.5) is 24.5 Å². The first-order valence-electron chi connectivity index (χ1n) is 9.89. The molecule has 1 aliphatic heterocycles. The van der Waals surface area contributed by atoms with Crippen LogP contribution in [-0.2, 0) is 0 Å². The first-order chi connectivity index (χ1) is 15.0. The Morgan fingerprint density at radius 3 is 2.34 bits per heavy atom. The highest BCUT2D eigenvalue weighted by molar-refractivity contribution is 6.08. The van der Waals surface area contributed by atoms with Crippen molar-refractivity contribution in [3.8, 4) is 28.4 Å². The molecular weight excluding hydrogens is 421 g/mol. The van der Waals surface area contributed by atoms with Gasteiger partial charge in [0.1, 0.15) is 11.5 Å². The van der Waals surface area contributed by atoms with Crippen LogP contribution in [0.5, 0.6) is 17.2 Å². The number of halogens is 3. The Kier molecular flexibility index (Phi) is 5.24. The number of fused-ring (bicyclic) bond motifs is 2. The lowest BCUT2D eigenvalue weighted by Gasteiger charge is -2.22. The number of hydrogen-bond acceptors (Lipinski definition) is 4. The average molecular weight is 442 g/mol. The van der Waals surface area contributed by atoms with E-state index < -0.39 is 18.0 Å². The molecule has 166 valence electrons. The Labute approximate surface area is 183 Å². The molecule has 1 aliphatic rings. The molecule has 1 amide bonds. The summed E-state index contributed by atoms with van der Waals surface area (Å²) in [5.74, 6) is -0.564. The molecule has 2 N–H and O–H groups in total. The lowest BCUT2D eigenvalue weighted by Crippen LogP contribution is -2.25. The van der Waals surface area contributed by atoms with Crippen LogP contribution in [0.2, 0.25) is 0 Å². The number of anilines is 2. The zero-order valence-electron chi connectivity index (χ0n) is 17.6. The van der Waals surface area contributed by atoms with Crippen LogP contribution in [0.3, 0.4) is 0 Å². The second-order valence-corrected chi connectivity index (χ2v) is 8.43. The van der Waals surface area contributed by atoms with Gasteiger partial charge in [0, 0.05) is 11.2 Å². The smallest absolute Gasteiger partial charge is 0.454 e. The zero-order valence-corrected chi connectivity index (χ0v) is 17.6. The predicted octanol–water partition coefficient (Wildman–Crippen LogP) is 6.82. The molecule has 0 radical (unpaired) electrons. The van der Waals surface area contributed by atoms with Crippen molar-refractivity contribution in [2.45, 2.75) is 32.7 Å². The van der Waals surface area contributed by atoms with E-state index in [2.05, 4.69) is 36.1 Å². The monoisotopic (exact) mass is 442 g/mol. The number of benzene rings is 3. The Hall–Kier alpha value is -3.68. The third kappa shape index (κ3) is 4.96. The zero-order chi connectivity index (χ0) is 23.1. The van der Waals surface area contributed by atoms with E-state index in [9.17, 15) is 18.0 Å². The van der Waals surface area contributed by atoms with Crippen molar-refractivity contribution in [3.63, 3.8) is 0 Å². The lowest BCUT2D eigenvalue weighted by molar-refractivity contribution is -0.274. The maximum absolute atomic E-state index is 12.7. The standard InChI is InChI=1S/C24H21F3N2O3/c1-23(2,3)29-16-6-4-5-14(11-16)15-7-9-21-19(12-15)28-22(30)18-13-17(32-24(25,26)27)8-10-20(18)31-21/h4-13,29H,1-3H3,(H,28,30). The van der Waals surface area contributed by atoms with Gasteiger partial charge >= 0.3 is 6.36 Å². The number of alkyl halides is 3. The average Bonchev–Trinajstić information content (AvgIpc) is 2.81. The summed E-state index contributed by atoms with van der Waals surface area (Å²) in [5, 5.41) is 6.13. The molecule has 0 bridgehead atoms. The van der Waals surface area contributed by atoms with Gasteiger partial charge in [0.2, 0.25) is 0 Å². The molecule has 4 rings (SSSR count). The summed E-state index contributed by atoms with van der Waals surface area (Å²) in [6.07, 6.45) is -4.86. The topological polar surface area (TPSA) is 59.6 Å². The normalized spacial score (nSPS) is 13.2. The number of rotatable bonds is 3. The summed E-state index contributed by atoms with van der Waals surface area (Å²) in [6, 6.07) is 16.6. The molecule has 8 heteroatoms. The summed E-state index contributed by atoms with van der Waals surface area (Å²) >= 11 is 0. The molecule has 0 saturated carbocycles. The van der Waals surface area contributed by atoms with E-state index in [0.29, 0.717) is 11.4 Å². The second-order valence-electron chi connectivity index (χ2n) is 8.43. The van der Waals surface area contributed by atoms with E-state index in [1.807, 2.05) is 30.3 Å². The molecule has 3 aromatic rings. The third-order valence-corrected chi connectivity index (χ3v) is 4.59. The number of nitrogens with one attached hydrogen (secondary N) is 2. The molecular formula is C24H21F3N2O3. The Bertz CT molecular complexity index is 1180. The van der Waals surface area contributed by atoms with Crippen molar-refractivity contribution in [3.05, 3.63) is 66.2 Å². The number of carbonyl (C=O) groups excluding carboxylic acids is 1. The molecule has 32 heavy (non-hydrogen) atoms. The van der Waals surface area contributed by atoms with Gasteiger partial charge in [-0.2, -0.15) is 0 Å². The predicted molar refractivity (Wildman–Crippen MR) is 116 cm³/mol. The summed E-state index contributed by atoms with van der Waals surface area (Å²) in [4.78, 5) is 12.7. The van der Waals surface area contributed by atoms with Gasteiger partial charge in [-0.05, 0) is 74.4 Å². The van der Waals surface area contributed by atoms with Gasteiger partial charge in [0.15, 0.2) is 5.75 Å². The van der Waals surface area contributed by atoms with Gasteiger partial charge in [-0.25, -0.2) is 0 Å². The number of amides is 1. The van der Waals surface area contributed by atoms with Crippen LogP contribution >= 0.6 is 0 Å². The maximum Gasteiger partial charge on any atom is 0.573 e. The summed E-state index contributed by atoms with van der Waals surface area (Å²) in [6.45, 7) is 6.20. The molecule has 0 aliphatic carbocycles. The van der Waals surface area contributed by atoms with Crippen LogP contribution < -0.4 is 20.1 Å². The summed E-state index contributed by atoms with van der Waals surface area (Å²) in [5.41, 5.74) is 2.98. The highest BCUT2D eigenvalue weighted by Crippen LogP contribution is 2.40. The molecule has 0 saturated heterocycles. The van der Waals surface area contributed by atoms with Crippen molar-refractivity contribution >= 4 is 17.3 Å². The van der Waals surface area contributed by atoms with Gasteiger partial charge in [0.25, 0.3) is 5.91 Å². The SMILES string of the molecule is CC(C)(C)Nc1cccc(-c2ccc3c(c2)NC(=O)c2cc(OC(F)(F)F)ccc2O3)c1. The molecule has 0 atom stereocenters. The van der Waals surface area contributed by atoms with E-state index in [1.54, 1.807) is 12.1 Å². The minimum absolute atomic E-state index is 0.0547. The van der Waals surface area contributed by atoms with Crippen LogP contribution in [-0.4, -0.2) is 17.8 Å². The number of carbonyl (C=O) groups is 1. The molecule has 3 aromatic carbocycles.